The largest absolute Gasteiger partial charge is 0.497 e. The van der Waals surface area contributed by atoms with Gasteiger partial charge in [0.05, 0.1) is 19.8 Å². The number of hydrogen-bond donors (Lipinski definition) is 0. The molecule has 0 aromatic heterocycles. The minimum absolute atomic E-state index is 0.0236. The Morgan fingerprint density at radius 3 is 2.05 bits per heavy atom. The minimum Gasteiger partial charge on any atom is -0.497 e. The van der Waals surface area contributed by atoms with Crippen LogP contribution in [0, 0.1) is 20.8 Å². The summed E-state index contributed by atoms with van der Waals surface area (Å²) in [5, 5.41) is 0. The standard InChI is InChI=1S/C18H20O3/c1-11-8-12(2)17(13(3)9-11)18(19)15-7-6-14(20-4)10-16(15)21-5/h6-10H,1-5H3. The molecular weight excluding hydrogens is 264 g/mol. The molecule has 2 aromatic rings. The first kappa shape index (κ1) is 15.1. The summed E-state index contributed by atoms with van der Waals surface area (Å²) in [4.78, 5) is 12.9. The first-order valence-corrected chi connectivity index (χ1v) is 6.82. The number of aryl methyl sites for hydroxylation is 3. The number of hydrogen-bond acceptors (Lipinski definition) is 3. The average Bonchev–Trinajstić information content (AvgIpc) is 2.45. The Balaban J connectivity index is 2.55. The van der Waals surface area contributed by atoms with Gasteiger partial charge in [-0.05, 0) is 44.0 Å². The summed E-state index contributed by atoms with van der Waals surface area (Å²) >= 11 is 0. The molecule has 0 fully saturated rings. The van der Waals surface area contributed by atoms with Crippen molar-refractivity contribution in [2.75, 3.05) is 14.2 Å². The Kier molecular flexibility index (Phi) is 4.32. The molecule has 0 N–H and O–H groups in total. The summed E-state index contributed by atoms with van der Waals surface area (Å²) in [6.07, 6.45) is 0. The van der Waals surface area contributed by atoms with Crippen LogP contribution >= 0.6 is 0 Å². The molecule has 0 heterocycles. The van der Waals surface area contributed by atoms with E-state index in [-0.39, 0.29) is 5.78 Å². The first-order chi connectivity index (χ1) is 9.97. The van der Waals surface area contributed by atoms with Gasteiger partial charge >= 0.3 is 0 Å². The maximum atomic E-state index is 12.9. The van der Waals surface area contributed by atoms with Crippen molar-refractivity contribution in [3.8, 4) is 11.5 Å². The molecule has 0 unspecified atom stereocenters. The van der Waals surface area contributed by atoms with E-state index in [9.17, 15) is 4.79 Å². The predicted molar refractivity (Wildman–Crippen MR) is 83.6 cm³/mol. The summed E-state index contributed by atoms with van der Waals surface area (Å²) < 4.78 is 10.5. The minimum atomic E-state index is -0.0236. The molecule has 0 saturated heterocycles. The van der Waals surface area contributed by atoms with Crippen molar-refractivity contribution in [2.24, 2.45) is 0 Å². The zero-order valence-electron chi connectivity index (χ0n) is 13.1. The molecular formula is C18H20O3. The van der Waals surface area contributed by atoms with Gasteiger partial charge in [0.2, 0.25) is 0 Å². The van der Waals surface area contributed by atoms with Gasteiger partial charge in [-0.25, -0.2) is 0 Å². The highest BCUT2D eigenvalue weighted by molar-refractivity contribution is 6.12. The van der Waals surface area contributed by atoms with E-state index in [1.165, 1.54) is 0 Å². The molecule has 3 nitrogen and oxygen atoms in total. The number of benzene rings is 2. The summed E-state index contributed by atoms with van der Waals surface area (Å²) in [6, 6.07) is 9.30. The molecule has 0 aliphatic rings. The quantitative estimate of drug-likeness (QED) is 0.800. The van der Waals surface area contributed by atoms with E-state index in [0.717, 1.165) is 22.3 Å². The second-order valence-electron chi connectivity index (χ2n) is 5.17. The number of ketones is 1. The van der Waals surface area contributed by atoms with E-state index < -0.39 is 0 Å². The zero-order chi connectivity index (χ0) is 15.6. The Hall–Kier alpha value is -2.29. The van der Waals surface area contributed by atoms with E-state index in [2.05, 4.69) is 0 Å². The molecule has 0 amide bonds. The van der Waals surface area contributed by atoms with E-state index in [1.807, 2.05) is 32.9 Å². The van der Waals surface area contributed by atoms with E-state index >= 15 is 0 Å². The third kappa shape index (κ3) is 2.92. The van der Waals surface area contributed by atoms with Gasteiger partial charge in [-0.15, -0.1) is 0 Å². The molecule has 0 atom stereocenters. The van der Waals surface area contributed by atoms with Crippen molar-refractivity contribution in [1.29, 1.82) is 0 Å². The highest BCUT2D eigenvalue weighted by atomic mass is 16.5. The fourth-order valence-electron chi connectivity index (χ4n) is 2.66. The molecule has 0 aliphatic heterocycles. The van der Waals surface area contributed by atoms with Crippen LogP contribution in [0.3, 0.4) is 0 Å². The van der Waals surface area contributed by atoms with Gasteiger partial charge in [-0.1, -0.05) is 17.7 Å². The normalized spacial score (nSPS) is 10.3. The summed E-state index contributed by atoms with van der Waals surface area (Å²) in [5.41, 5.74) is 4.41. The Bertz CT molecular complexity index is 664. The van der Waals surface area contributed by atoms with Gasteiger partial charge in [-0.3, -0.25) is 4.79 Å². The van der Waals surface area contributed by atoms with Gasteiger partial charge < -0.3 is 9.47 Å². The van der Waals surface area contributed by atoms with Crippen LogP contribution in [0.2, 0.25) is 0 Å². The fraction of sp³-hybridized carbons (Fsp3) is 0.278. The molecule has 0 saturated carbocycles. The van der Waals surface area contributed by atoms with Crippen molar-refractivity contribution in [2.45, 2.75) is 20.8 Å². The molecule has 0 radical (unpaired) electrons. The number of carbonyl (C=O) groups is 1. The number of carbonyl (C=O) groups excluding carboxylic acids is 1. The lowest BCUT2D eigenvalue weighted by atomic mass is 9.93. The average molecular weight is 284 g/mol. The van der Waals surface area contributed by atoms with Crippen molar-refractivity contribution in [3.05, 3.63) is 58.1 Å². The highest BCUT2D eigenvalue weighted by Gasteiger charge is 2.19. The van der Waals surface area contributed by atoms with Gasteiger partial charge in [-0.2, -0.15) is 0 Å². The third-order valence-corrected chi connectivity index (χ3v) is 3.56. The maximum absolute atomic E-state index is 12.9. The lowest BCUT2D eigenvalue weighted by molar-refractivity contribution is 0.103. The van der Waals surface area contributed by atoms with Crippen LogP contribution in [0.5, 0.6) is 11.5 Å². The smallest absolute Gasteiger partial charge is 0.197 e. The first-order valence-electron chi connectivity index (χ1n) is 6.82. The van der Waals surface area contributed by atoms with Gasteiger partial charge in [0.15, 0.2) is 5.78 Å². The van der Waals surface area contributed by atoms with Crippen LogP contribution in [0.1, 0.15) is 32.6 Å². The summed E-state index contributed by atoms with van der Waals surface area (Å²) in [5.74, 6) is 1.17. The second kappa shape index (κ2) is 6.00. The van der Waals surface area contributed by atoms with E-state index in [0.29, 0.717) is 17.1 Å². The van der Waals surface area contributed by atoms with E-state index in [4.69, 9.17) is 9.47 Å². The predicted octanol–water partition coefficient (Wildman–Crippen LogP) is 3.86. The van der Waals surface area contributed by atoms with Crippen molar-refractivity contribution >= 4 is 5.78 Å². The number of ether oxygens (including phenoxy) is 2. The van der Waals surface area contributed by atoms with Gasteiger partial charge in [0.1, 0.15) is 11.5 Å². The second-order valence-corrected chi connectivity index (χ2v) is 5.17. The lowest BCUT2D eigenvalue weighted by Gasteiger charge is -2.13. The Labute approximate surface area is 125 Å². The van der Waals surface area contributed by atoms with Gasteiger partial charge in [0, 0.05) is 11.6 Å². The van der Waals surface area contributed by atoms with Crippen molar-refractivity contribution in [3.63, 3.8) is 0 Å². The molecule has 0 bridgehead atoms. The van der Waals surface area contributed by atoms with Crippen LogP contribution in [0.25, 0.3) is 0 Å². The Morgan fingerprint density at radius 2 is 1.52 bits per heavy atom. The fourth-order valence-corrected chi connectivity index (χ4v) is 2.66. The van der Waals surface area contributed by atoms with Crippen LogP contribution in [0.15, 0.2) is 30.3 Å². The van der Waals surface area contributed by atoms with Crippen molar-refractivity contribution < 1.29 is 14.3 Å². The maximum Gasteiger partial charge on any atom is 0.197 e. The van der Waals surface area contributed by atoms with E-state index in [1.54, 1.807) is 32.4 Å². The number of rotatable bonds is 4. The molecule has 0 aliphatic carbocycles. The van der Waals surface area contributed by atoms with Crippen molar-refractivity contribution in [1.82, 2.24) is 0 Å². The molecule has 3 heteroatoms. The highest BCUT2D eigenvalue weighted by Crippen LogP contribution is 2.29. The Morgan fingerprint density at radius 1 is 0.905 bits per heavy atom. The monoisotopic (exact) mass is 284 g/mol. The molecule has 21 heavy (non-hydrogen) atoms. The number of methoxy groups -OCH3 is 2. The molecule has 2 rings (SSSR count). The zero-order valence-corrected chi connectivity index (χ0v) is 13.1. The topological polar surface area (TPSA) is 35.5 Å². The van der Waals surface area contributed by atoms with Crippen LogP contribution < -0.4 is 9.47 Å². The lowest BCUT2D eigenvalue weighted by Crippen LogP contribution is -2.08. The SMILES string of the molecule is COc1ccc(C(=O)c2c(C)cc(C)cc2C)c(OC)c1. The third-order valence-electron chi connectivity index (χ3n) is 3.56. The van der Waals surface area contributed by atoms with Crippen LogP contribution in [-0.4, -0.2) is 20.0 Å². The van der Waals surface area contributed by atoms with Crippen LogP contribution in [0.4, 0.5) is 0 Å². The molecule has 0 spiro atoms. The molecule has 2 aromatic carbocycles. The van der Waals surface area contributed by atoms with Crippen LogP contribution in [-0.2, 0) is 0 Å². The van der Waals surface area contributed by atoms with Gasteiger partial charge in [0.25, 0.3) is 0 Å². The molecule has 110 valence electrons. The summed E-state index contributed by atoms with van der Waals surface area (Å²) in [6.45, 7) is 5.95. The summed E-state index contributed by atoms with van der Waals surface area (Å²) in [7, 11) is 3.14.